The Hall–Kier alpha value is -1.88. The molecule has 1 aliphatic carbocycles. The average molecular weight is 318 g/mol. The summed E-state index contributed by atoms with van der Waals surface area (Å²) >= 11 is 0. The number of hydrogen-bond acceptors (Lipinski definition) is 3. The summed E-state index contributed by atoms with van der Waals surface area (Å²) in [6, 6.07) is 9.02. The minimum Gasteiger partial charge on any atom is -0.387 e. The zero-order chi connectivity index (χ0) is 16.7. The van der Waals surface area contributed by atoms with Crippen molar-refractivity contribution in [3.63, 3.8) is 0 Å². The maximum Gasteiger partial charge on any atom is 0.223 e. The minimum atomic E-state index is -0.719. The highest BCUT2D eigenvalue weighted by atomic mass is 16.3. The Labute approximate surface area is 137 Å². The number of benzene rings is 1. The first-order valence-corrected chi connectivity index (χ1v) is 8.36. The van der Waals surface area contributed by atoms with Crippen LogP contribution in [0.2, 0.25) is 0 Å². The van der Waals surface area contributed by atoms with Crippen molar-refractivity contribution in [1.82, 2.24) is 10.6 Å². The normalized spacial score (nSPS) is 17.5. The lowest BCUT2D eigenvalue weighted by atomic mass is 10.1. The molecule has 0 aromatic heterocycles. The highest BCUT2D eigenvalue weighted by molar-refractivity contribution is 5.81. The highest BCUT2D eigenvalue weighted by Gasteiger charge is 2.24. The van der Waals surface area contributed by atoms with Gasteiger partial charge in [0.2, 0.25) is 11.8 Å². The average Bonchev–Trinajstić information content (AvgIpc) is 3.08. The molecule has 5 heteroatoms. The Morgan fingerprint density at radius 3 is 2.52 bits per heavy atom. The SMILES string of the molecule is C[C@@H](CC(=O)NC[C@@H](O)c1ccccc1)NC(=O)C1CCCC1. The van der Waals surface area contributed by atoms with Crippen LogP contribution in [0.5, 0.6) is 0 Å². The highest BCUT2D eigenvalue weighted by Crippen LogP contribution is 2.24. The van der Waals surface area contributed by atoms with Crippen molar-refractivity contribution in [2.24, 2.45) is 5.92 Å². The summed E-state index contributed by atoms with van der Waals surface area (Å²) in [6.45, 7) is 2.01. The summed E-state index contributed by atoms with van der Waals surface area (Å²) in [7, 11) is 0. The quantitative estimate of drug-likeness (QED) is 0.719. The Morgan fingerprint density at radius 2 is 1.87 bits per heavy atom. The van der Waals surface area contributed by atoms with E-state index in [4.69, 9.17) is 0 Å². The van der Waals surface area contributed by atoms with Gasteiger partial charge in [0.05, 0.1) is 6.10 Å². The molecule has 1 fully saturated rings. The molecule has 5 nitrogen and oxygen atoms in total. The van der Waals surface area contributed by atoms with E-state index in [1.165, 1.54) is 0 Å². The van der Waals surface area contributed by atoms with Crippen molar-refractivity contribution >= 4 is 11.8 Å². The molecule has 126 valence electrons. The van der Waals surface area contributed by atoms with Crippen LogP contribution in [0.15, 0.2) is 30.3 Å². The molecule has 0 radical (unpaired) electrons. The first kappa shape index (κ1) is 17.5. The van der Waals surface area contributed by atoms with E-state index in [2.05, 4.69) is 10.6 Å². The van der Waals surface area contributed by atoms with Crippen LogP contribution in [0.4, 0.5) is 0 Å². The molecule has 23 heavy (non-hydrogen) atoms. The van der Waals surface area contributed by atoms with Gasteiger partial charge >= 0.3 is 0 Å². The van der Waals surface area contributed by atoms with Crippen molar-refractivity contribution in [3.8, 4) is 0 Å². The predicted octanol–water partition coefficient (Wildman–Crippen LogP) is 1.92. The second-order valence-electron chi connectivity index (χ2n) is 6.33. The Morgan fingerprint density at radius 1 is 1.22 bits per heavy atom. The van der Waals surface area contributed by atoms with Crippen molar-refractivity contribution in [3.05, 3.63) is 35.9 Å². The molecule has 0 saturated heterocycles. The molecule has 3 N–H and O–H groups in total. The molecule has 1 aromatic carbocycles. The van der Waals surface area contributed by atoms with Crippen LogP contribution < -0.4 is 10.6 Å². The monoisotopic (exact) mass is 318 g/mol. The Bertz CT molecular complexity index is 512. The first-order valence-electron chi connectivity index (χ1n) is 8.36. The van der Waals surface area contributed by atoms with E-state index in [0.717, 1.165) is 31.2 Å². The molecule has 0 aliphatic heterocycles. The van der Waals surface area contributed by atoms with Gasteiger partial charge in [-0.3, -0.25) is 9.59 Å². The molecule has 1 saturated carbocycles. The third-order valence-electron chi connectivity index (χ3n) is 4.28. The number of carbonyl (C=O) groups excluding carboxylic acids is 2. The number of carbonyl (C=O) groups is 2. The third-order valence-corrected chi connectivity index (χ3v) is 4.28. The van der Waals surface area contributed by atoms with E-state index in [-0.39, 0.29) is 36.7 Å². The van der Waals surface area contributed by atoms with E-state index >= 15 is 0 Å². The first-order chi connectivity index (χ1) is 11.1. The van der Waals surface area contributed by atoms with Crippen LogP contribution in [0.3, 0.4) is 0 Å². The summed E-state index contributed by atoms with van der Waals surface area (Å²) < 4.78 is 0. The van der Waals surface area contributed by atoms with E-state index < -0.39 is 6.10 Å². The van der Waals surface area contributed by atoms with Gasteiger partial charge in [0.25, 0.3) is 0 Å². The van der Waals surface area contributed by atoms with Crippen molar-refractivity contribution < 1.29 is 14.7 Å². The Balaban J connectivity index is 1.68. The van der Waals surface area contributed by atoms with Crippen molar-refractivity contribution in [1.29, 1.82) is 0 Å². The maximum absolute atomic E-state index is 12.0. The zero-order valence-electron chi connectivity index (χ0n) is 13.6. The van der Waals surface area contributed by atoms with Gasteiger partial charge in [0, 0.05) is 24.9 Å². The van der Waals surface area contributed by atoms with Gasteiger partial charge in [-0.15, -0.1) is 0 Å². The van der Waals surface area contributed by atoms with Crippen LogP contribution in [-0.4, -0.2) is 29.5 Å². The summed E-state index contributed by atoms with van der Waals surface area (Å²) in [5, 5.41) is 15.6. The molecule has 0 unspecified atom stereocenters. The molecule has 2 amide bonds. The van der Waals surface area contributed by atoms with Crippen LogP contribution >= 0.6 is 0 Å². The van der Waals surface area contributed by atoms with Crippen molar-refractivity contribution in [2.45, 2.75) is 51.2 Å². The standard InChI is InChI=1S/C18H26N2O3/c1-13(20-18(23)15-9-5-6-10-15)11-17(22)19-12-16(21)14-7-3-2-4-8-14/h2-4,7-8,13,15-16,21H,5-6,9-12H2,1H3,(H,19,22)(H,20,23)/t13-,16+/m0/s1. The zero-order valence-corrected chi connectivity index (χ0v) is 13.6. The van der Waals surface area contributed by atoms with Gasteiger partial charge in [-0.25, -0.2) is 0 Å². The van der Waals surface area contributed by atoms with Gasteiger partial charge in [-0.1, -0.05) is 43.2 Å². The van der Waals surface area contributed by atoms with Crippen molar-refractivity contribution in [2.75, 3.05) is 6.54 Å². The van der Waals surface area contributed by atoms with Crippen LogP contribution in [0.1, 0.15) is 50.7 Å². The predicted molar refractivity (Wildman–Crippen MR) is 88.6 cm³/mol. The molecular formula is C18H26N2O3. The second kappa shape index (κ2) is 8.67. The fourth-order valence-electron chi connectivity index (χ4n) is 2.95. The molecule has 0 heterocycles. The second-order valence-corrected chi connectivity index (χ2v) is 6.33. The molecule has 2 rings (SSSR count). The van der Waals surface area contributed by atoms with Crippen LogP contribution in [0.25, 0.3) is 0 Å². The van der Waals surface area contributed by atoms with E-state index in [1.54, 1.807) is 0 Å². The van der Waals surface area contributed by atoms with E-state index in [0.29, 0.717) is 0 Å². The van der Waals surface area contributed by atoms with E-state index in [9.17, 15) is 14.7 Å². The number of amides is 2. The number of aliphatic hydroxyl groups is 1. The van der Waals surface area contributed by atoms with Gasteiger partial charge in [-0.05, 0) is 25.3 Å². The fourth-order valence-corrected chi connectivity index (χ4v) is 2.95. The topological polar surface area (TPSA) is 78.4 Å². The van der Waals surface area contributed by atoms with Gasteiger partial charge in [0.15, 0.2) is 0 Å². The summed E-state index contributed by atoms with van der Waals surface area (Å²) in [5.74, 6) is 0.00624. The number of aliphatic hydroxyl groups excluding tert-OH is 1. The van der Waals surface area contributed by atoms with Gasteiger partial charge in [-0.2, -0.15) is 0 Å². The largest absolute Gasteiger partial charge is 0.387 e. The summed E-state index contributed by atoms with van der Waals surface area (Å²) in [5.41, 5.74) is 0.774. The maximum atomic E-state index is 12.0. The van der Waals surface area contributed by atoms with E-state index in [1.807, 2.05) is 37.3 Å². The Kier molecular flexibility index (Phi) is 6.59. The lowest BCUT2D eigenvalue weighted by molar-refractivity contribution is -0.126. The van der Waals surface area contributed by atoms with Gasteiger partial charge in [0.1, 0.15) is 0 Å². The molecule has 2 atom stereocenters. The fraction of sp³-hybridized carbons (Fsp3) is 0.556. The smallest absolute Gasteiger partial charge is 0.223 e. The molecular weight excluding hydrogens is 292 g/mol. The number of hydrogen-bond donors (Lipinski definition) is 3. The summed E-state index contributed by atoms with van der Waals surface area (Å²) in [6.07, 6.45) is 3.64. The third kappa shape index (κ3) is 5.67. The molecule has 1 aliphatic rings. The van der Waals surface area contributed by atoms with Gasteiger partial charge < -0.3 is 15.7 Å². The molecule has 0 spiro atoms. The lowest BCUT2D eigenvalue weighted by Crippen LogP contribution is -2.40. The summed E-state index contributed by atoms with van der Waals surface area (Å²) in [4.78, 5) is 23.9. The van der Waals surface area contributed by atoms with Crippen LogP contribution in [-0.2, 0) is 9.59 Å². The minimum absolute atomic E-state index is 0.0621. The molecule has 0 bridgehead atoms. The van der Waals surface area contributed by atoms with Crippen LogP contribution in [0, 0.1) is 5.92 Å². The number of nitrogens with one attached hydrogen (secondary N) is 2. The molecule has 1 aromatic rings. The number of rotatable bonds is 7. The lowest BCUT2D eigenvalue weighted by Gasteiger charge is -2.17.